The number of likely N-dealkylation sites (tertiary alicyclic amines) is 1. The van der Waals surface area contributed by atoms with E-state index in [0.717, 1.165) is 18.7 Å². The molecular formula is C22H32N4O4. The third-order valence-electron chi connectivity index (χ3n) is 5.61. The van der Waals surface area contributed by atoms with Gasteiger partial charge in [-0.1, -0.05) is 20.8 Å². The first-order valence-electron chi connectivity index (χ1n) is 10.7. The summed E-state index contributed by atoms with van der Waals surface area (Å²) in [6, 6.07) is 3.18. The molecule has 0 bridgehead atoms. The van der Waals surface area contributed by atoms with Crippen LogP contribution in [0.4, 0.5) is 5.82 Å². The Hall–Kier alpha value is -2.64. The highest BCUT2D eigenvalue weighted by Gasteiger charge is 2.40. The average Bonchev–Trinajstić information content (AvgIpc) is 3.22. The van der Waals surface area contributed by atoms with Crippen molar-refractivity contribution in [2.75, 3.05) is 44.2 Å². The van der Waals surface area contributed by atoms with Crippen molar-refractivity contribution in [2.45, 2.75) is 46.6 Å². The van der Waals surface area contributed by atoms with Crippen molar-refractivity contribution in [3.8, 4) is 0 Å². The molecule has 0 aliphatic carbocycles. The fourth-order valence-electron chi connectivity index (χ4n) is 3.97. The molecule has 8 nitrogen and oxygen atoms in total. The second kappa shape index (κ2) is 9.02. The maximum atomic E-state index is 13.1. The topological polar surface area (TPSA) is 83.0 Å². The summed E-state index contributed by atoms with van der Waals surface area (Å²) in [5, 5.41) is 0. The number of pyridine rings is 1. The van der Waals surface area contributed by atoms with Gasteiger partial charge >= 0.3 is 5.97 Å². The van der Waals surface area contributed by atoms with Crippen LogP contribution in [0.15, 0.2) is 18.3 Å². The molecule has 2 aliphatic rings. The normalized spacial score (nSPS) is 19.7. The van der Waals surface area contributed by atoms with Crippen molar-refractivity contribution in [2.24, 2.45) is 5.41 Å². The molecule has 0 aromatic carbocycles. The van der Waals surface area contributed by atoms with Gasteiger partial charge in [0.05, 0.1) is 12.2 Å². The van der Waals surface area contributed by atoms with E-state index in [4.69, 9.17) is 4.74 Å². The highest BCUT2D eigenvalue weighted by atomic mass is 16.5. The number of nitrogens with zero attached hydrogens (tertiary/aromatic N) is 4. The average molecular weight is 417 g/mol. The molecule has 0 radical (unpaired) electrons. The molecule has 1 aromatic heterocycles. The molecule has 30 heavy (non-hydrogen) atoms. The van der Waals surface area contributed by atoms with Crippen LogP contribution in [-0.2, 0) is 14.3 Å². The molecule has 1 aromatic rings. The van der Waals surface area contributed by atoms with E-state index in [1.807, 2.05) is 31.7 Å². The molecule has 0 saturated carbocycles. The van der Waals surface area contributed by atoms with Gasteiger partial charge in [-0.15, -0.1) is 0 Å². The Morgan fingerprint density at radius 2 is 1.80 bits per heavy atom. The number of piperazine rings is 1. The van der Waals surface area contributed by atoms with Crippen LogP contribution in [0.1, 0.15) is 50.9 Å². The predicted molar refractivity (Wildman–Crippen MR) is 113 cm³/mol. The molecule has 2 aliphatic heterocycles. The number of amides is 2. The summed E-state index contributed by atoms with van der Waals surface area (Å²) in [6.45, 7) is 11.0. The van der Waals surface area contributed by atoms with Crippen LogP contribution in [0.3, 0.4) is 0 Å². The second-order valence-electron chi connectivity index (χ2n) is 8.84. The Bertz CT molecular complexity index is 779. The lowest BCUT2D eigenvalue weighted by atomic mass is 9.94. The fraction of sp³-hybridized carbons (Fsp3) is 0.636. The van der Waals surface area contributed by atoms with Gasteiger partial charge in [0.2, 0.25) is 11.8 Å². The first-order valence-corrected chi connectivity index (χ1v) is 10.7. The molecule has 1 unspecified atom stereocenters. The molecule has 164 valence electrons. The SMILES string of the molecule is CCOC(=O)c1ccc(N2CCN(C(=O)C3CCCN3C(=O)C(C)(C)C)CC2)nc1. The lowest BCUT2D eigenvalue weighted by molar-refractivity contribution is -0.148. The van der Waals surface area contributed by atoms with Gasteiger partial charge in [0.15, 0.2) is 0 Å². The van der Waals surface area contributed by atoms with E-state index in [2.05, 4.69) is 9.88 Å². The van der Waals surface area contributed by atoms with E-state index in [0.29, 0.717) is 44.9 Å². The quantitative estimate of drug-likeness (QED) is 0.698. The Morgan fingerprint density at radius 3 is 2.37 bits per heavy atom. The van der Waals surface area contributed by atoms with Gasteiger partial charge in [-0.2, -0.15) is 0 Å². The van der Waals surface area contributed by atoms with E-state index < -0.39 is 5.41 Å². The van der Waals surface area contributed by atoms with Gasteiger partial charge in [0.25, 0.3) is 0 Å². The highest BCUT2D eigenvalue weighted by Crippen LogP contribution is 2.27. The van der Waals surface area contributed by atoms with Crippen LogP contribution in [-0.4, -0.2) is 77.9 Å². The standard InChI is InChI=1S/C22H32N4O4/c1-5-30-20(28)16-8-9-18(23-15-16)24-11-13-25(14-12-24)19(27)17-7-6-10-26(17)21(29)22(2,3)4/h8-9,15,17H,5-7,10-14H2,1-4H3. The zero-order valence-corrected chi connectivity index (χ0v) is 18.4. The molecule has 2 amide bonds. The van der Waals surface area contributed by atoms with Crippen LogP contribution in [0.2, 0.25) is 0 Å². The van der Waals surface area contributed by atoms with E-state index in [-0.39, 0.29) is 23.8 Å². The van der Waals surface area contributed by atoms with Crippen molar-refractivity contribution in [3.63, 3.8) is 0 Å². The molecule has 8 heteroatoms. The number of carbonyl (C=O) groups is 3. The number of hydrogen-bond donors (Lipinski definition) is 0. The molecular weight excluding hydrogens is 384 g/mol. The molecule has 1 atom stereocenters. The number of hydrogen-bond acceptors (Lipinski definition) is 6. The molecule has 2 saturated heterocycles. The predicted octanol–water partition coefficient (Wildman–Crippen LogP) is 1.94. The fourth-order valence-corrected chi connectivity index (χ4v) is 3.97. The maximum Gasteiger partial charge on any atom is 0.339 e. The Balaban J connectivity index is 1.58. The zero-order chi connectivity index (χ0) is 21.9. The Labute approximate surface area is 178 Å². The van der Waals surface area contributed by atoms with E-state index in [1.54, 1.807) is 17.9 Å². The minimum absolute atomic E-state index is 0.0443. The summed E-state index contributed by atoms with van der Waals surface area (Å²) in [4.78, 5) is 47.7. The summed E-state index contributed by atoms with van der Waals surface area (Å²) < 4.78 is 4.98. The maximum absolute atomic E-state index is 13.1. The van der Waals surface area contributed by atoms with Gasteiger partial charge in [-0.05, 0) is 31.9 Å². The van der Waals surface area contributed by atoms with E-state index >= 15 is 0 Å². The van der Waals surface area contributed by atoms with Crippen molar-refractivity contribution in [1.29, 1.82) is 0 Å². The van der Waals surface area contributed by atoms with Crippen molar-refractivity contribution in [3.05, 3.63) is 23.9 Å². The lowest BCUT2D eigenvalue weighted by Crippen LogP contribution is -2.55. The lowest BCUT2D eigenvalue weighted by Gasteiger charge is -2.38. The molecule has 3 rings (SSSR count). The third-order valence-corrected chi connectivity index (χ3v) is 5.61. The minimum atomic E-state index is -0.483. The monoisotopic (exact) mass is 416 g/mol. The summed E-state index contributed by atoms with van der Waals surface area (Å²) in [5.74, 6) is 0.497. The van der Waals surface area contributed by atoms with E-state index in [9.17, 15) is 14.4 Å². The van der Waals surface area contributed by atoms with Gasteiger partial charge < -0.3 is 19.4 Å². The van der Waals surface area contributed by atoms with Crippen molar-refractivity contribution < 1.29 is 19.1 Å². The summed E-state index contributed by atoms with van der Waals surface area (Å²) in [7, 11) is 0. The summed E-state index contributed by atoms with van der Waals surface area (Å²) in [5.41, 5.74) is -0.0533. The van der Waals surface area contributed by atoms with E-state index in [1.165, 1.54) is 6.20 Å². The number of ether oxygens (including phenoxy) is 1. The van der Waals surface area contributed by atoms with Crippen LogP contribution >= 0.6 is 0 Å². The molecule has 2 fully saturated rings. The van der Waals surface area contributed by atoms with Crippen molar-refractivity contribution >= 4 is 23.6 Å². The van der Waals surface area contributed by atoms with Crippen LogP contribution in [0, 0.1) is 5.41 Å². The van der Waals surface area contributed by atoms with Crippen LogP contribution in [0.5, 0.6) is 0 Å². The minimum Gasteiger partial charge on any atom is -0.462 e. The molecule has 0 N–H and O–H groups in total. The Morgan fingerprint density at radius 1 is 1.10 bits per heavy atom. The van der Waals surface area contributed by atoms with Gasteiger partial charge in [-0.25, -0.2) is 9.78 Å². The second-order valence-corrected chi connectivity index (χ2v) is 8.84. The smallest absolute Gasteiger partial charge is 0.339 e. The summed E-state index contributed by atoms with van der Waals surface area (Å²) in [6.07, 6.45) is 3.13. The molecule has 3 heterocycles. The van der Waals surface area contributed by atoms with Crippen molar-refractivity contribution in [1.82, 2.24) is 14.8 Å². The first kappa shape index (κ1) is 22.1. The number of aromatic nitrogens is 1. The molecule has 0 spiro atoms. The van der Waals surface area contributed by atoms with Gasteiger partial charge in [-0.3, -0.25) is 9.59 Å². The van der Waals surface area contributed by atoms with Gasteiger partial charge in [0, 0.05) is 44.3 Å². The number of carbonyl (C=O) groups excluding carboxylic acids is 3. The van der Waals surface area contributed by atoms with Crippen LogP contribution < -0.4 is 4.90 Å². The third kappa shape index (κ3) is 4.74. The zero-order valence-electron chi connectivity index (χ0n) is 18.4. The highest BCUT2D eigenvalue weighted by molar-refractivity contribution is 5.90. The van der Waals surface area contributed by atoms with Gasteiger partial charge in [0.1, 0.15) is 11.9 Å². The Kier molecular flexibility index (Phi) is 6.63. The van der Waals surface area contributed by atoms with Crippen LogP contribution in [0.25, 0.3) is 0 Å². The number of rotatable bonds is 4. The first-order chi connectivity index (χ1) is 14.2. The number of esters is 1. The largest absolute Gasteiger partial charge is 0.462 e. The summed E-state index contributed by atoms with van der Waals surface area (Å²) >= 11 is 0. The number of anilines is 1.